The van der Waals surface area contributed by atoms with Crippen LogP contribution in [0.25, 0.3) is 0 Å². The number of aliphatic hydroxyl groups is 1. The van der Waals surface area contributed by atoms with Gasteiger partial charge in [0.2, 0.25) is 0 Å². The van der Waals surface area contributed by atoms with Gasteiger partial charge in [-0.3, -0.25) is 4.79 Å². The molecular weight excluding hydrogens is 130 g/mol. The lowest BCUT2D eigenvalue weighted by molar-refractivity contribution is -0.138. The van der Waals surface area contributed by atoms with Crippen LogP contribution < -0.4 is 0 Å². The van der Waals surface area contributed by atoms with Crippen LogP contribution >= 0.6 is 0 Å². The summed E-state index contributed by atoms with van der Waals surface area (Å²) in [5.41, 5.74) is 0. The van der Waals surface area contributed by atoms with E-state index in [1.165, 1.54) is 6.92 Å². The summed E-state index contributed by atoms with van der Waals surface area (Å²) in [4.78, 5) is 12.6. The maximum Gasteiger partial charge on any atom is 0.251 e. The van der Waals surface area contributed by atoms with Crippen LogP contribution in [-0.4, -0.2) is 35.1 Å². The Labute approximate surface area is 61.6 Å². The van der Waals surface area contributed by atoms with Crippen molar-refractivity contribution in [3.8, 4) is 0 Å². The van der Waals surface area contributed by atoms with Gasteiger partial charge in [0.15, 0.2) is 0 Å². The van der Waals surface area contributed by atoms with E-state index < -0.39 is 6.10 Å². The lowest BCUT2D eigenvalue weighted by Crippen LogP contribution is -2.37. The SMILES string of the molecule is CCN(CC)C(=O)C(C)O. The second-order valence-corrected chi connectivity index (χ2v) is 2.19. The molecule has 3 nitrogen and oxygen atoms in total. The Morgan fingerprint density at radius 1 is 1.50 bits per heavy atom. The van der Waals surface area contributed by atoms with Crippen molar-refractivity contribution in [1.29, 1.82) is 0 Å². The Hall–Kier alpha value is -0.570. The van der Waals surface area contributed by atoms with Crippen LogP contribution in [0.4, 0.5) is 0 Å². The maximum absolute atomic E-state index is 11.0. The summed E-state index contributed by atoms with van der Waals surface area (Å²) in [6, 6.07) is 0. The number of carbonyl (C=O) groups is 1. The molecule has 0 rings (SSSR count). The van der Waals surface area contributed by atoms with Crippen molar-refractivity contribution in [3.05, 3.63) is 0 Å². The fraction of sp³-hybridized carbons (Fsp3) is 0.857. The van der Waals surface area contributed by atoms with Crippen LogP contribution in [0.3, 0.4) is 0 Å². The fourth-order valence-corrected chi connectivity index (χ4v) is 0.800. The van der Waals surface area contributed by atoms with Crippen molar-refractivity contribution >= 4 is 5.91 Å². The Morgan fingerprint density at radius 2 is 1.90 bits per heavy atom. The van der Waals surface area contributed by atoms with Crippen LogP contribution in [0.5, 0.6) is 0 Å². The van der Waals surface area contributed by atoms with Gasteiger partial charge in [0.05, 0.1) is 0 Å². The van der Waals surface area contributed by atoms with Gasteiger partial charge in [0, 0.05) is 13.1 Å². The first-order valence-electron chi connectivity index (χ1n) is 3.60. The van der Waals surface area contributed by atoms with Gasteiger partial charge >= 0.3 is 0 Å². The molecule has 0 aromatic heterocycles. The highest BCUT2D eigenvalue weighted by molar-refractivity contribution is 5.80. The molecule has 1 amide bonds. The lowest BCUT2D eigenvalue weighted by atomic mass is 10.3. The normalized spacial score (nSPS) is 12.8. The van der Waals surface area contributed by atoms with Crippen LogP contribution in [-0.2, 0) is 4.79 Å². The second kappa shape index (κ2) is 4.28. The van der Waals surface area contributed by atoms with Gasteiger partial charge in [-0.2, -0.15) is 0 Å². The predicted molar refractivity (Wildman–Crippen MR) is 39.6 cm³/mol. The largest absolute Gasteiger partial charge is 0.384 e. The quantitative estimate of drug-likeness (QED) is 0.617. The van der Waals surface area contributed by atoms with Crippen molar-refractivity contribution in [2.24, 2.45) is 0 Å². The standard InChI is InChI=1S/C7H15NO2/c1-4-8(5-2)7(10)6(3)9/h6,9H,4-5H2,1-3H3. The van der Waals surface area contributed by atoms with E-state index in [9.17, 15) is 4.79 Å². The second-order valence-electron chi connectivity index (χ2n) is 2.19. The maximum atomic E-state index is 11.0. The smallest absolute Gasteiger partial charge is 0.251 e. The van der Waals surface area contributed by atoms with Gasteiger partial charge in [0.1, 0.15) is 6.10 Å². The Bertz CT molecular complexity index is 108. The van der Waals surface area contributed by atoms with Crippen molar-refractivity contribution in [2.75, 3.05) is 13.1 Å². The number of likely N-dealkylation sites (N-methyl/N-ethyl adjacent to an activating group) is 1. The minimum Gasteiger partial charge on any atom is -0.384 e. The molecule has 10 heavy (non-hydrogen) atoms. The third-order valence-corrected chi connectivity index (χ3v) is 1.43. The number of aliphatic hydroxyl groups excluding tert-OH is 1. The monoisotopic (exact) mass is 145 g/mol. The zero-order chi connectivity index (χ0) is 8.15. The molecule has 0 fully saturated rings. The summed E-state index contributed by atoms with van der Waals surface area (Å²) < 4.78 is 0. The van der Waals surface area contributed by atoms with Gasteiger partial charge in [-0.15, -0.1) is 0 Å². The van der Waals surface area contributed by atoms with Crippen LogP contribution in [0.1, 0.15) is 20.8 Å². The molecule has 0 aliphatic rings. The van der Waals surface area contributed by atoms with Gasteiger partial charge in [0.25, 0.3) is 5.91 Å². The molecule has 0 aromatic rings. The molecule has 60 valence electrons. The first-order chi connectivity index (χ1) is 4.63. The average molecular weight is 145 g/mol. The predicted octanol–water partition coefficient (Wildman–Crippen LogP) is 0.236. The number of rotatable bonds is 3. The Morgan fingerprint density at radius 3 is 2.00 bits per heavy atom. The van der Waals surface area contributed by atoms with Crippen LogP contribution in [0.2, 0.25) is 0 Å². The van der Waals surface area contributed by atoms with Crippen molar-refractivity contribution in [3.63, 3.8) is 0 Å². The molecule has 1 unspecified atom stereocenters. The average Bonchev–Trinajstić information content (AvgIpc) is 1.90. The van der Waals surface area contributed by atoms with Gasteiger partial charge in [-0.05, 0) is 20.8 Å². The van der Waals surface area contributed by atoms with E-state index in [0.29, 0.717) is 13.1 Å². The zero-order valence-corrected chi connectivity index (χ0v) is 6.79. The van der Waals surface area contributed by atoms with E-state index in [2.05, 4.69) is 0 Å². The van der Waals surface area contributed by atoms with E-state index in [0.717, 1.165) is 0 Å². The molecule has 0 heterocycles. The molecule has 0 aliphatic carbocycles. The summed E-state index contributed by atoms with van der Waals surface area (Å²) in [6.07, 6.45) is -0.861. The number of hydrogen-bond donors (Lipinski definition) is 1. The van der Waals surface area contributed by atoms with E-state index in [4.69, 9.17) is 5.11 Å². The molecule has 0 saturated heterocycles. The van der Waals surface area contributed by atoms with E-state index in [1.807, 2.05) is 13.8 Å². The number of carbonyl (C=O) groups excluding carboxylic acids is 1. The molecule has 0 aromatic carbocycles. The first kappa shape index (κ1) is 9.43. The molecule has 0 aliphatic heterocycles. The number of amides is 1. The van der Waals surface area contributed by atoms with E-state index in [1.54, 1.807) is 4.90 Å². The lowest BCUT2D eigenvalue weighted by Gasteiger charge is -2.19. The summed E-state index contributed by atoms with van der Waals surface area (Å²) in [5, 5.41) is 8.86. The van der Waals surface area contributed by atoms with E-state index in [-0.39, 0.29) is 5.91 Å². The zero-order valence-electron chi connectivity index (χ0n) is 6.79. The summed E-state index contributed by atoms with van der Waals surface area (Å²) in [5.74, 6) is -0.190. The third kappa shape index (κ3) is 2.35. The van der Waals surface area contributed by atoms with Crippen molar-refractivity contribution < 1.29 is 9.90 Å². The molecule has 0 saturated carbocycles. The number of hydrogen-bond acceptors (Lipinski definition) is 2. The highest BCUT2D eigenvalue weighted by Crippen LogP contribution is 1.92. The topological polar surface area (TPSA) is 40.5 Å². The van der Waals surface area contributed by atoms with Gasteiger partial charge in [-0.25, -0.2) is 0 Å². The Kier molecular flexibility index (Phi) is 4.03. The highest BCUT2D eigenvalue weighted by Gasteiger charge is 2.13. The molecular formula is C7H15NO2. The first-order valence-corrected chi connectivity index (χ1v) is 3.60. The minimum absolute atomic E-state index is 0.190. The highest BCUT2D eigenvalue weighted by atomic mass is 16.3. The molecule has 0 radical (unpaired) electrons. The summed E-state index contributed by atoms with van der Waals surface area (Å²) in [6.45, 7) is 6.61. The third-order valence-electron chi connectivity index (χ3n) is 1.43. The molecule has 1 N–H and O–H groups in total. The fourth-order valence-electron chi connectivity index (χ4n) is 0.800. The van der Waals surface area contributed by atoms with Crippen molar-refractivity contribution in [1.82, 2.24) is 4.90 Å². The van der Waals surface area contributed by atoms with Gasteiger partial charge in [-0.1, -0.05) is 0 Å². The molecule has 0 bridgehead atoms. The van der Waals surface area contributed by atoms with Crippen LogP contribution in [0.15, 0.2) is 0 Å². The van der Waals surface area contributed by atoms with Gasteiger partial charge < -0.3 is 10.0 Å². The molecule has 1 atom stereocenters. The minimum atomic E-state index is -0.861. The molecule has 0 spiro atoms. The van der Waals surface area contributed by atoms with Crippen molar-refractivity contribution in [2.45, 2.75) is 26.9 Å². The number of nitrogens with zero attached hydrogens (tertiary/aromatic N) is 1. The van der Waals surface area contributed by atoms with Crippen LogP contribution in [0, 0.1) is 0 Å². The Balaban J connectivity index is 3.89. The van der Waals surface area contributed by atoms with E-state index >= 15 is 0 Å². The summed E-state index contributed by atoms with van der Waals surface area (Å²) in [7, 11) is 0. The summed E-state index contributed by atoms with van der Waals surface area (Å²) >= 11 is 0. The molecule has 3 heteroatoms.